The molecule has 1 aliphatic heterocycles. The molecule has 5 fully saturated rings. The van der Waals surface area contributed by atoms with Gasteiger partial charge in [-0.05, 0) is 80.3 Å². The molecule has 6 aliphatic rings. The molecule has 26 heavy (non-hydrogen) atoms. The smallest absolute Gasteiger partial charge is 0.306 e. The number of carbonyl (C=O) groups is 2. The number of ether oxygens (including phenoxy) is 1. The molecule has 0 amide bonds. The lowest BCUT2D eigenvalue weighted by Crippen LogP contribution is -2.55. The van der Waals surface area contributed by atoms with Crippen LogP contribution in [-0.4, -0.2) is 17.4 Å². The van der Waals surface area contributed by atoms with Gasteiger partial charge in [0.15, 0.2) is 5.78 Å². The van der Waals surface area contributed by atoms with Crippen molar-refractivity contribution in [1.82, 2.24) is 0 Å². The number of carbonyl (C=O) groups excluding carboxylic acids is 2. The van der Waals surface area contributed by atoms with E-state index in [-0.39, 0.29) is 28.2 Å². The van der Waals surface area contributed by atoms with E-state index in [4.69, 9.17) is 4.74 Å². The number of esters is 1. The van der Waals surface area contributed by atoms with E-state index in [1.54, 1.807) is 0 Å². The van der Waals surface area contributed by atoms with Gasteiger partial charge in [-0.25, -0.2) is 0 Å². The molecule has 8 atom stereocenters. The second-order valence-electron chi connectivity index (χ2n) is 10.4. The molecule has 1 saturated heterocycles. The van der Waals surface area contributed by atoms with Crippen LogP contribution in [0.1, 0.15) is 58.8 Å². The van der Waals surface area contributed by atoms with E-state index in [1.807, 2.05) is 12.2 Å². The lowest BCUT2D eigenvalue weighted by molar-refractivity contribution is -0.167. The number of fused-ring (bicyclic) bond motifs is 9. The summed E-state index contributed by atoms with van der Waals surface area (Å²) in [6.07, 6.45) is 13.5. The Balaban J connectivity index is 1.41. The van der Waals surface area contributed by atoms with E-state index in [1.165, 1.54) is 24.8 Å². The molecule has 0 N–H and O–H groups in total. The van der Waals surface area contributed by atoms with E-state index < -0.39 is 0 Å². The van der Waals surface area contributed by atoms with E-state index in [0.29, 0.717) is 24.2 Å². The van der Waals surface area contributed by atoms with Gasteiger partial charge in [-0.3, -0.25) is 9.59 Å². The Bertz CT molecular complexity index is 793. The molecule has 4 saturated carbocycles. The van der Waals surface area contributed by atoms with Crippen molar-refractivity contribution < 1.29 is 14.3 Å². The molecule has 5 aliphatic carbocycles. The van der Waals surface area contributed by atoms with Crippen LogP contribution in [0.15, 0.2) is 23.8 Å². The number of ketones is 1. The van der Waals surface area contributed by atoms with Crippen LogP contribution in [0.25, 0.3) is 0 Å². The van der Waals surface area contributed by atoms with Crippen molar-refractivity contribution in [2.75, 3.05) is 0 Å². The van der Waals surface area contributed by atoms with E-state index in [0.717, 1.165) is 31.1 Å². The van der Waals surface area contributed by atoms with Gasteiger partial charge in [-0.1, -0.05) is 25.5 Å². The molecule has 6 rings (SSSR count). The van der Waals surface area contributed by atoms with E-state index in [9.17, 15) is 9.59 Å². The summed E-state index contributed by atoms with van der Waals surface area (Å²) in [4.78, 5) is 24.0. The molecule has 1 spiro atoms. The van der Waals surface area contributed by atoms with Crippen LogP contribution in [0.4, 0.5) is 0 Å². The Kier molecular flexibility index (Phi) is 2.73. The predicted octanol–water partition coefficient (Wildman–Crippen LogP) is 4.23. The molecule has 0 aromatic carbocycles. The second kappa shape index (κ2) is 4.54. The zero-order chi connectivity index (χ0) is 17.9. The molecule has 3 heteroatoms. The molecular weight excluding hydrogens is 324 g/mol. The largest absolute Gasteiger partial charge is 0.458 e. The minimum atomic E-state index is -0.181. The van der Waals surface area contributed by atoms with Gasteiger partial charge in [0.2, 0.25) is 0 Å². The van der Waals surface area contributed by atoms with Crippen LogP contribution < -0.4 is 0 Å². The van der Waals surface area contributed by atoms with Crippen molar-refractivity contribution in [3.8, 4) is 0 Å². The summed E-state index contributed by atoms with van der Waals surface area (Å²) in [6.45, 7) is 4.82. The molecule has 0 radical (unpaired) electrons. The van der Waals surface area contributed by atoms with Gasteiger partial charge in [-0.2, -0.15) is 0 Å². The Morgan fingerprint density at radius 1 is 1.08 bits per heavy atom. The monoisotopic (exact) mass is 352 g/mol. The first kappa shape index (κ1) is 15.7. The first-order chi connectivity index (χ1) is 12.4. The number of allylic oxidation sites excluding steroid dienone is 4. The van der Waals surface area contributed by atoms with Gasteiger partial charge in [-0.15, -0.1) is 0 Å². The van der Waals surface area contributed by atoms with E-state index in [2.05, 4.69) is 19.9 Å². The van der Waals surface area contributed by atoms with Crippen LogP contribution in [0.2, 0.25) is 0 Å². The first-order valence-electron chi connectivity index (χ1n) is 10.6. The van der Waals surface area contributed by atoms with Crippen molar-refractivity contribution in [2.45, 2.75) is 64.4 Å². The highest BCUT2D eigenvalue weighted by Crippen LogP contribution is 2.75. The number of hydrogen-bond acceptors (Lipinski definition) is 3. The predicted molar refractivity (Wildman–Crippen MR) is 97.0 cm³/mol. The highest BCUT2D eigenvalue weighted by molar-refractivity contribution is 6.01. The van der Waals surface area contributed by atoms with Gasteiger partial charge in [0.1, 0.15) is 5.60 Å². The normalized spacial score (nSPS) is 56.4. The quantitative estimate of drug-likeness (QED) is 0.613. The fourth-order valence-electron chi connectivity index (χ4n) is 8.34. The lowest BCUT2D eigenvalue weighted by Gasteiger charge is -2.58. The summed E-state index contributed by atoms with van der Waals surface area (Å²) in [7, 11) is 0. The van der Waals surface area contributed by atoms with Gasteiger partial charge in [0, 0.05) is 17.3 Å². The molecule has 0 aromatic heterocycles. The summed E-state index contributed by atoms with van der Waals surface area (Å²) in [5, 5.41) is 0. The molecule has 3 nitrogen and oxygen atoms in total. The maximum atomic E-state index is 12.0. The minimum Gasteiger partial charge on any atom is -0.458 e. The molecular formula is C23H28O3. The fourth-order valence-corrected chi connectivity index (χ4v) is 8.34. The maximum absolute atomic E-state index is 12.0. The van der Waals surface area contributed by atoms with E-state index >= 15 is 0 Å². The zero-order valence-electron chi connectivity index (χ0n) is 15.8. The summed E-state index contributed by atoms with van der Waals surface area (Å²) >= 11 is 0. The van der Waals surface area contributed by atoms with Crippen molar-refractivity contribution >= 4 is 11.8 Å². The standard InChI is InChI=1S/C23H28O3/c1-21-7-3-13(24)11-18(21)14-12-15(14)20-16(21)4-8-22(2)17(20)5-9-23(22)10-6-19(25)26-23/h3,7,11,14-17,20H,4-6,8-10,12H2,1-2H3/t14-,15+,16?,17?,20?,21?,22?,23?/m0/s1. The molecule has 138 valence electrons. The van der Waals surface area contributed by atoms with Crippen molar-refractivity contribution in [1.29, 1.82) is 0 Å². The van der Waals surface area contributed by atoms with Crippen LogP contribution in [-0.2, 0) is 14.3 Å². The average molecular weight is 352 g/mol. The highest BCUT2D eigenvalue weighted by atomic mass is 16.6. The van der Waals surface area contributed by atoms with Crippen LogP contribution in [0, 0.1) is 40.4 Å². The third kappa shape index (κ3) is 1.63. The Labute approximate surface area is 155 Å². The Hall–Kier alpha value is -1.38. The topological polar surface area (TPSA) is 43.4 Å². The van der Waals surface area contributed by atoms with Gasteiger partial charge in [0.05, 0.1) is 0 Å². The first-order valence-corrected chi connectivity index (χ1v) is 10.6. The lowest BCUT2D eigenvalue weighted by atomic mass is 9.47. The Morgan fingerprint density at radius 2 is 1.88 bits per heavy atom. The van der Waals surface area contributed by atoms with Crippen LogP contribution >= 0.6 is 0 Å². The summed E-state index contributed by atoms with van der Waals surface area (Å²) < 4.78 is 6.05. The Morgan fingerprint density at radius 3 is 2.65 bits per heavy atom. The van der Waals surface area contributed by atoms with Crippen molar-refractivity contribution in [3.63, 3.8) is 0 Å². The number of hydrogen-bond donors (Lipinski definition) is 0. The van der Waals surface area contributed by atoms with Crippen molar-refractivity contribution in [2.24, 2.45) is 40.4 Å². The van der Waals surface area contributed by atoms with Gasteiger partial charge >= 0.3 is 5.97 Å². The van der Waals surface area contributed by atoms with Crippen LogP contribution in [0.5, 0.6) is 0 Å². The minimum absolute atomic E-state index is 0.0212. The maximum Gasteiger partial charge on any atom is 0.306 e. The molecule has 6 unspecified atom stereocenters. The average Bonchev–Trinajstić information content (AvgIpc) is 3.23. The summed E-state index contributed by atoms with van der Waals surface area (Å²) in [5.41, 5.74) is 1.47. The highest BCUT2D eigenvalue weighted by Gasteiger charge is 2.71. The van der Waals surface area contributed by atoms with Gasteiger partial charge in [0.25, 0.3) is 0 Å². The molecule has 0 aromatic rings. The molecule has 0 bridgehead atoms. The summed E-state index contributed by atoms with van der Waals surface area (Å²) in [5.74, 6) is 3.64. The van der Waals surface area contributed by atoms with Gasteiger partial charge < -0.3 is 4.74 Å². The third-order valence-corrected chi connectivity index (χ3v) is 9.68. The molecule has 1 heterocycles. The van der Waals surface area contributed by atoms with Crippen molar-refractivity contribution in [3.05, 3.63) is 23.8 Å². The zero-order valence-corrected chi connectivity index (χ0v) is 15.8. The number of rotatable bonds is 0. The summed E-state index contributed by atoms with van der Waals surface area (Å²) in [6, 6.07) is 0. The van der Waals surface area contributed by atoms with Crippen LogP contribution in [0.3, 0.4) is 0 Å². The second-order valence-corrected chi connectivity index (χ2v) is 10.4. The third-order valence-electron chi connectivity index (χ3n) is 9.68. The fraction of sp³-hybridized carbons (Fsp3) is 0.739. The SMILES string of the molecule is CC12C=CC(=O)C=C1[C@H]1C[C@H]1C1C2CCC2(C)C1CCC21CCC(=O)O1.